The molecule has 0 heterocycles. The summed E-state index contributed by atoms with van der Waals surface area (Å²) in [6.07, 6.45) is 0. The molecular formula is C9H17NO5. The number of methoxy groups -OCH3 is 1. The van der Waals surface area contributed by atoms with Gasteiger partial charge in [-0.1, -0.05) is 0 Å². The van der Waals surface area contributed by atoms with Gasteiger partial charge in [0.05, 0.1) is 6.61 Å². The van der Waals surface area contributed by atoms with Crippen LogP contribution in [0.15, 0.2) is 0 Å². The maximum absolute atomic E-state index is 11.4. The molecule has 15 heavy (non-hydrogen) atoms. The monoisotopic (exact) mass is 219 g/mol. The maximum Gasteiger partial charge on any atom is 0.329 e. The fourth-order valence-corrected chi connectivity index (χ4v) is 0.978. The van der Waals surface area contributed by atoms with Crippen molar-refractivity contribution in [2.75, 3.05) is 40.0 Å². The Bertz CT molecular complexity index is 207. The van der Waals surface area contributed by atoms with Crippen LogP contribution in [0, 0.1) is 0 Å². The molecule has 1 amide bonds. The number of nitrogens with zero attached hydrogens (tertiary/aromatic N) is 1. The van der Waals surface area contributed by atoms with Crippen LogP contribution in [0.5, 0.6) is 0 Å². The zero-order valence-corrected chi connectivity index (χ0v) is 9.06. The molecule has 0 unspecified atom stereocenters. The van der Waals surface area contributed by atoms with Crippen LogP contribution in [-0.4, -0.2) is 61.9 Å². The predicted octanol–water partition coefficient (Wildman–Crippen LogP) is -0.417. The second-order valence-electron chi connectivity index (χ2n) is 2.85. The smallest absolute Gasteiger partial charge is 0.329 e. The number of hydrogen-bond acceptors (Lipinski definition) is 4. The molecule has 0 aliphatic rings. The van der Waals surface area contributed by atoms with Crippen LogP contribution in [0.25, 0.3) is 0 Å². The van der Waals surface area contributed by atoms with Gasteiger partial charge in [-0.25, -0.2) is 4.79 Å². The van der Waals surface area contributed by atoms with Crippen molar-refractivity contribution in [3.8, 4) is 0 Å². The van der Waals surface area contributed by atoms with Crippen molar-refractivity contribution in [1.29, 1.82) is 0 Å². The van der Waals surface area contributed by atoms with Crippen molar-refractivity contribution in [2.24, 2.45) is 0 Å². The number of carboxylic acids is 1. The Labute approximate surface area is 88.8 Å². The Balaban J connectivity index is 3.77. The fraction of sp³-hybridized carbons (Fsp3) is 0.778. The molecule has 0 aliphatic heterocycles. The van der Waals surface area contributed by atoms with Crippen molar-refractivity contribution in [3.05, 3.63) is 0 Å². The minimum absolute atomic E-state index is 0.205. The minimum atomic E-state index is -1.08. The van der Waals surface area contributed by atoms with Gasteiger partial charge in [-0.3, -0.25) is 4.79 Å². The second-order valence-corrected chi connectivity index (χ2v) is 2.85. The first-order valence-electron chi connectivity index (χ1n) is 4.68. The van der Waals surface area contributed by atoms with E-state index in [1.54, 1.807) is 12.0 Å². The van der Waals surface area contributed by atoms with E-state index in [2.05, 4.69) is 4.74 Å². The molecule has 0 rings (SSSR count). The van der Waals surface area contributed by atoms with Gasteiger partial charge in [0.25, 0.3) is 0 Å². The van der Waals surface area contributed by atoms with Gasteiger partial charge in [0, 0.05) is 20.2 Å². The van der Waals surface area contributed by atoms with Crippen LogP contribution in [0.2, 0.25) is 0 Å². The standard InChI is InChI=1S/C9H17NO5/c1-3-10(4-5-14-2)8(11)6-15-7-9(12)13/h3-7H2,1-2H3,(H,12,13). The molecule has 6 nitrogen and oxygen atoms in total. The molecule has 0 radical (unpaired) electrons. The largest absolute Gasteiger partial charge is 0.480 e. The molecule has 0 fully saturated rings. The number of carboxylic acid groups (broad SMARTS) is 1. The van der Waals surface area contributed by atoms with E-state index in [4.69, 9.17) is 9.84 Å². The lowest BCUT2D eigenvalue weighted by atomic mass is 10.4. The maximum atomic E-state index is 11.4. The second kappa shape index (κ2) is 8.19. The van der Waals surface area contributed by atoms with E-state index >= 15 is 0 Å². The van der Waals surface area contributed by atoms with E-state index in [9.17, 15) is 9.59 Å². The van der Waals surface area contributed by atoms with Crippen LogP contribution < -0.4 is 0 Å². The first-order valence-corrected chi connectivity index (χ1v) is 4.68. The fourth-order valence-electron chi connectivity index (χ4n) is 0.978. The molecule has 1 N–H and O–H groups in total. The molecule has 0 aromatic rings. The highest BCUT2D eigenvalue weighted by Crippen LogP contribution is 1.91. The highest BCUT2D eigenvalue weighted by Gasteiger charge is 2.11. The molecule has 0 spiro atoms. The van der Waals surface area contributed by atoms with Crippen molar-refractivity contribution in [3.63, 3.8) is 0 Å². The number of carbonyl (C=O) groups is 2. The number of likely N-dealkylation sites (N-methyl/N-ethyl adjacent to an activating group) is 1. The summed E-state index contributed by atoms with van der Waals surface area (Å²) < 4.78 is 9.53. The Hall–Kier alpha value is -1.14. The Morgan fingerprint density at radius 1 is 1.33 bits per heavy atom. The quantitative estimate of drug-likeness (QED) is 0.600. The summed E-state index contributed by atoms with van der Waals surface area (Å²) >= 11 is 0. The van der Waals surface area contributed by atoms with Gasteiger partial charge < -0.3 is 19.5 Å². The number of carbonyl (C=O) groups excluding carboxylic acids is 1. The van der Waals surface area contributed by atoms with Gasteiger partial charge >= 0.3 is 5.97 Å². The number of amides is 1. The lowest BCUT2D eigenvalue weighted by molar-refractivity contribution is -0.146. The van der Waals surface area contributed by atoms with Gasteiger partial charge in [-0.05, 0) is 6.92 Å². The van der Waals surface area contributed by atoms with E-state index in [0.717, 1.165) is 0 Å². The summed E-state index contributed by atoms with van der Waals surface area (Å²) in [5.74, 6) is -1.31. The molecule has 0 saturated carbocycles. The Morgan fingerprint density at radius 3 is 2.47 bits per heavy atom. The number of aliphatic carboxylic acids is 1. The van der Waals surface area contributed by atoms with Gasteiger partial charge in [0.1, 0.15) is 13.2 Å². The van der Waals surface area contributed by atoms with Crippen LogP contribution in [0.1, 0.15) is 6.92 Å². The summed E-state index contributed by atoms with van der Waals surface area (Å²) in [4.78, 5) is 23.1. The first kappa shape index (κ1) is 13.9. The van der Waals surface area contributed by atoms with Gasteiger partial charge in [0.15, 0.2) is 0 Å². The van der Waals surface area contributed by atoms with E-state index in [1.807, 2.05) is 6.92 Å². The molecule has 0 atom stereocenters. The van der Waals surface area contributed by atoms with E-state index in [-0.39, 0.29) is 12.5 Å². The molecule has 0 aliphatic carbocycles. The molecule has 0 aromatic carbocycles. The SMILES string of the molecule is CCN(CCOC)C(=O)COCC(=O)O. The van der Waals surface area contributed by atoms with Gasteiger partial charge in [-0.15, -0.1) is 0 Å². The normalized spacial score (nSPS) is 10.0. The van der Waals surface area contributed by atoms with E-state index in [0.29, 0.717) is 19.7 Å². The molecule has 88 valence electrons. The zero-order valence-electron chi connectivity index (χ0n) is 9.06. The zero-order chi connectivity index (χ0) is 11.7. The third-order valence-corrected chi connectivity index (χ3v) is 1.75. The lowest BCUT2D eigenvalue weighted by Crippen LogP contribution is -2.36. The Kier molecular flexibility index (Phi) is 7.57. The average Bonchev–Trinajstić information content (AvgIpc) is 2.18. The first-order chi connectivity index (χ1) is 7.11. The van der Waals surface area contributed by atoms with Gasteiger partial charge in [-0.2, -0.15) is 0 Å². The van der Waals surface area contributed by atoms with Crippen LogP contribution in [0.3, 0.4) is 0 Å². The van der Waals surface area contributed by atoms with Crippen LogP contribution >= 0.6 is 0 Å². The lowest BCUT2D eigenvalue weighted by Gasteiger charge is -2.19. The summed E-state index contributed by atoms with van der Waals surface area (Å²) in [7, 11) is 1.55. The third kappa shape index (κ3) is 6.87. The molecule has 6 heteroatoms. The summed E-state index contributed by atoms with van der Waals surface area (Å²) in [6, 6.07) is 0. The predicted molar refractivity (Wildman–Crippen MR) is 52.6 cm³/mol. The van der Waals surface area contributed by atoms with Crippen molar-refractivity contribution < 1.29 is 24.2 Å². The van der Waals surface area contributed by atoms with Crippen molar-refractivity contribution >= 4 is 11.9 Å². The third-order valence-electron chi connectivity index (χ3n) is 1.75. The molecular weight excluding hydrogens is 202 g/mol. The topological polar surface area (TPSA) is 76.1 Å². The summed E-state index contributed by atoms with van der Waals surface area (Å²) in [5, 5.41) is 8.29. The average molecular weight is 219 g/mol. The van der Waals surface area contributed by atoms with Crippen molar-refractivity contribution in [2.45, 2.75) is 6.92 Å². The van der Waals surface area contributed by atoms with E-state index < -0.39 is 12.6 Å². The number of hydrogen-bond donors (Lipinski definition) is 1. The van der Waals surface area contributed by atoms with Crippen LogP contribution in [-0.2, 0) is 19.1 Å². The highest BCUT2D eigenvalue weighted by atomic mass is 16.5. The number of rotatable bonds is 8. The molecule has 0 aromatic heterocycles. The van der Waals surface area contributed by atoms with Crippen LogP contribution in [0.4, 0.5) is 0 Å². The van der Waals surface area contributed by atoms with E-state index in [1.165, 1.54) is 0 Å². The van der Waals surface area contributed by atoms with Gasteiger partial charge in [0.2, 0.25) is 5.91 Å². The number of ether oxygens (including phenoxy) is 2. The summed E-state index contributed by atoms with van der Waals surface area (Å²) in [5.41, 5.74) is 0. The molecule has 0 saturated heterocycles. The summed E-state index contributed by atoms with van der Waals surface area (Å²) in [6.45, 7) is 2.68. The molecule has 0 bridgehead atoms. The Morgan fingerprint density at radius 2 is 2.00 bits per heavy atom. The highest BCUT2D eigenvalue weighted by molar-refractivity contribution is 5.77. The minimum Gasteiger partial charge on any atom is -0.480 e. The van der Waals surface area contributed by atoms with Crippen molar-refractivity contribution in [1.82, 2.24) is 4.90 Å².